The molecule has 0 radical (unpaired) electrons. The summed E-state index contributed by atoms with van der Waals surface area (Å²) < 4.78 is 5.47. The van der Waals surface area contributed by atoms with Crippen molar-refractivity contribution in [3.8, 4) is 18.1 Å². The number of ether oxygens (including phenoxy) is 1. The van der Waals surface area contributed by atoms with Crippen LogP contribution in [0, 0.1) is 19.3 Å². The minimum atomic E-state index is -1.18. The van der Waals surface area contributed by atoms with Crippen LogP contribution in [0.3, 0.4) is 0 Å². The lowest BCUT2D eigenvalue weighted by molar-refractivity contribution is -0.142. The fraction of sp³-hybridized carbons (Fsp3) is 0.324. The molecule has 9 heteroatoms. The van der Waals surface area contributed by atoms with E-state index < -0.39 is 41.6 Å². The van der Waals surface area contributed by atoms with E-state index in [1.54, 1.807) is 83.1 Å². The summed E-state index contributed by atoms with van der Waals surface area (Å²) in [5.41, 5.74) is 1.90. The van der Waals surface area contributed by atoms with Crippen molar-refractivity contribution in [2.45, 2.75) is 71.7 Å². The molecule has 3 N–H and O–H groups in total. The zero-order valence-corrected chi connectivity index (χ0v) is 26.0. The second-order valence-electron chi connectivity index (χ2n) is 11.5. The first-order valence-corrected chi connectivity index (χ1v) is 14.3. The van der Waals surface area contributed by atoms with Gasteiger partial charge in [-0.25, -0.2) is 4.79 Å². The number of anilines is 1. The Bertz CT molecular complexity index is 1490. The lowest BCUT2D eigenvalue weighted by atomic mass is 9.95. The molecular weight excluding hydrogens is 566 g/mol. The van der Waals surface area contributed by atoms with Crippen LogP contribution in [-0.2, 0) is 20.7 Å². The molecule has 0 aromatic heterocycles. The molecule has 0 spiro atoms. The first-order chi connectivity index (χ1) is 20.2. The first kappa shape index (κ1) is 33.0. The van der Waals surface area contributed by atoms with E-state index in [4.69, 9.17) is 22.8 Å². The molecule has 0 fully saturated rings. The number of terminal acetylenes is 1. The quantitative estimate of drug-likeness (QED) is 0.246. The molecule has 43 heavy (non-hydrogen) atoms. The highest BCUT2D eigenvalue weighted by molar-refractivity contribution is 6.34. The third kappa shape index (κ3) is 8.76. The van der Waals surface area contributed by atoms with E-state index in [-0.39, 0.29) is 12.2 Å². The molecular formula is C34H38ClN3O5. The molecule has 3 amide bonds. The van der Waals surface area contributed by atoms with Crippen molar-refractivity contribution < 1.29 is 24.2 Å². The Hall–Kier alpha value is -4.48. The molecule has 0 aliphatic carbocycles. The zero-order chi connectivity index (χ0) is 31.9. The number of aryl methyl sites for hydroxylation is 1. The minimum Gasteiger partial charge on any atom is -0.508 e. The van der Waals surface area contributed by atoms with Gasteiger partial charge in [0.25, 0.3) is 5.91 Å². The Morgan fingerprint density at radius 1 is 1.02 bits per heavy atom. The number of phenols is 1. The number of nitrogens with one attached hydrogen (secondary N) is 2. The molecule has 2 atom stereocenters. The van der Waals surface area contributed by atoms with Crippen molar-refractivity contribution in [2.75, 3.05) is 5.32 Å². The highest BCUT2D eigenvalue weighted by atomic mass is 35.5. The maximum Gasteiger partial charge on any atom is 0.408 e. The van der Waals surface area contributed by atoms with Gasteiger partial charge in [-0.15, -0.1) is 6.42 Å². The maximum atomic E-state index is 14.5. The molecule has 3 rings (SSSR count). The maximum absolute atomic E-state index is 14.5. The Morgan fingerprint density at radius 2 is 1.67 bits per heavy atom. The third-order valence-corrected chi connectivity index (χ3v) is 6.90. The smallest absolute Gasteiger partial charge is 0.408 e. The Kier molecular flexibility index (Phi) is 10.8. The summed E-state index contributed by atoms with van der Waals surface area (Å²) in [7, 11) is 0. The number of halogens is 1. The zero-order valence-electron chi connectivity index (χ0n) is 25.3. The number of hydrogen-bond acceptors (Lipinski definition) is 5. The van der Waals surface area contributed by atoms with E-state index >= 15 is 0 Å². The van der Waals surface area contributed by atoms with Gasteiger partial charge in [0.15, 0.2) is 0 Å². The first-order valence-electron chi connectivity index (χ1n) is 13.9. The van der Waals surface area contributed by atoms with Gasteiger partial charge < -0.3 is 25.4 Å². The number of aromatic hydroxyl groups is 1. The number of amides is 3. The second kappa shape index (κ2) is 14.1. The van der Waals surface area contributed by atoms with Crippen molar-refractivity contribution in [1.29, 1.82) is 0 Å². The SMILES string of the molecule is C#Cc1ccccc1C(C(=O)Nc1c(C)cccc1Cl)N(C(=O)C(Cc1ccc(O)cc1)NC(=O)OC(C)(C)C)C(C)C. The van der Waals surface area contributed by atoms with Crippen LogP contribution < -0.4 is 10.6 Å². The topological polar surface area (TPSA) is 108 Å². The van der Waals surface area contributed by atoms with Gasteiger partial charge in [0.2, 0.25) is 5.91 Å². The van der Waals surface area contributed by atoms with E-state index in [0.29, 0.717) is 27.4 Å². The number of alkyl carbamates (subject to hydrolysis) is 1. The molecule has 0 aliphatic heterocycles. The van der Waals surface area contributed by atoms with E-state index in [2.05, 4.69) is 16.6 Å². The number of benzene rings is 3. The van der Waals surface area contributed by atoms with Crippen LogP contribution in [-0.4, -0.2) is 45.6 Å². The molecule has 8 nitrogen and oxygen atoms in total. The number of carbonyl (C=O) groups excluding carboxylic acids is 3. The number of para-hydroxylation sites is 1. The average molecular weight is 604 g/mol. The number of phenolic OH excluding ortho intramolecular Hbond substituents is 1. The highest BCUT2D eigenvalue weighted by Crippen LogP contribution is 2.32. The van der Waals surface area contributed by atoms with Crippen LogP contribution >= 0.6 is 11.6 Å². The Morgan fingerprint density at radius 3 is 2.26 bits per heavy atom. The van der Waals surface area contributed by atoms with Crippen molar-refractivity contribution in [3.05, 3.63) is 94.0 Å². The fourth-order valence-electron chi connectivity index (χ4n) is 4.64. The van der Waals surface area contributed by atoms with Crippen LogP contribution in [0.25, 0.3) is 0 Å². The highest BCUT2D eigenvalue weighted by Gasteiger charge is 2.39. The third-order valence-electron chi connectivity index (χ3n) is 6.58. The summed E-state index contributed by atoms with van der Waals surface area (Å²) in [6.45, 7) is 10.5. The van der Waals surface area contributed by atoms with Gasteiger partial charge in [-0.1, -0.05) is 60.0 Å². The van der Waals surface area contributed by atoms with E-state index in [9.17, 15) is 19.5 Å². The standard InChI is InChI=1S/C34H38ClN3O5/c1-8-24-13-9-10-14-26(24)30(31(40)37-29-22(4)12-11-15-27(29)35)38(21(2)3)32(41)28(36-33(42)43-34(5,6)7)20-23-16-18-25(39)19-17-23/h1,9-19,21,28,30,39H,20H2,2-7H3,(H,36,42)(H,37,40). The molecule has 226 valence electrons. The summed E-state index contributed by atoms with van der Waals surface area (Å²) in [5.74, 6) is 1.63. The summed E-state index contributed by atoms with van der Waals surface area (Å²) in [4.78, 5) is 43.1. The summed E-state index contributed by atoms with van der Waals surface area (Å²) in [5, 5.41) is 15.7. The molecule has 0 aliphatic rings. The monoisotopic (exact) mass is 603 g/mol. The van der Waals surface area contributed by atoms with Crippen LogP contribution in [0.15, 0.2) is 66.7 Å². The number of carbonyl (C=O) groups is 3. The Labute approximate surface area is 258 Å². The van der Waals surface area contributed by atoms with Gasteiger partial charge in [0.05, 0.1) is 10.7 Å². The van der Waals surface area contributed by atoms with Gasteiger partial charge in [-0.2, -0.15) is 0 Å². The van der Waals surface area contributed by atoms with Crippen LogP contribution in [0.4, 0.5) is 10.5 Å². The molecule has 0 heterocycles. The summed E-state index contributed by atoms with van der Waals surface area (Å²) in [6, 6.07) is 15.6. The fourth-order valence-corrected chi connectivity index (χ4v) is 4.91. The molecule has 2 unspecified atom stereocenters. The van der Waals surface area contributed by atoms with Crippen LogP contribution in [0.5, 0.6) is 5.75 Å². The second-order valence-corrected chi connectivity index (χ2v) is 11.9. The lowest BCUT2D eigenvalue weighted by Crippen LogP contribution is -2.55. The average Bonchev–Trinajstić information content (AvgIpc) is 2.93. The normalized spacial score (nSPS) is 12.5. The van der Waals surface area contributed by atoms with Gasteiger partial charge in [0, 0.05) is 18.0 Å². The molecule has 3 aromatic rings. The predicted octanol–water partition coefficient (Wildman–Crippen LogP) is 6.39. The number of rotatable bonds is 9. The van der Waals surface area contributed by atoms with Crippen molar-refractivity contribution in [2.24, 2.45) is 0 Å². The van der Waals surface area contributed by atoms with Gasteiger partial charge >= 0.3 is 6.09 Å². The molecule has 0 bridgehead atoms. The Balaban J connectivity index is 2.13. The lowest BCUT2D eigenvalue weighted by Gasteiger charge is -2.37. The molecule has 0 saturated heterocycles. The minimum absolute atomic E-state index is 0.0630. The van der Waals surface area contributed by atoms with Crippen molar-refractivity contribution in [3.63, 3.8) is 0 Å². The summed E-state index contributed by atoms with van der Waals surface area (Å²) >= 11 is 6.44. The van der Waals surface area contributed by atoms with Gasteiger partial charge in [-0.3, -0.25) is 9.59 Å². The van der Waals surface area contributed by atoms with Crippen molar-refractivity contribution >= 4 is 35.2 Å². The van der Waals surface area contributed by atoms with E-state index in [1.807, 2.05) is 13.0 Å². The van der Waals surface area contributed by atoms with Crippen LogP contribution in [0.1, 0.15) is 62.9 Å². The van der Waals surface area contributed by atoms with Crippen LogP contribution in [0.2, 0.25) is 5.02 Å². The van der Waals surface area contributed by atoms with Gasteiger partial charge in [0.1, 0.15) is 23.4 Å². The van der Waals surface area contributed by atoms with E-state index in [1.165, 1.54) is 17.0 Å². The largest absolute Gasteiger partial charge is 0.508 e. The van der Waals surface area contributed by atoms with Gasteiger partial charge in [-0.05, 0) is 82.5 Å². The van der Waals surface area contributed by atoms with E-state index in [0.717, 1.165) is 5.56 Å². The van der Waals surface area contributed by atoms with Crippen molar-refractivity contribution in [1.82, 2.24) is 10.2 Å². The number of hydrogen-bond donors (Lipinski definition) is 3. The predicted molar refractivity (Wildman–Crippen MR) is 169 cm³/mol. The summed E-state index contributed by atoms with van der Waals surface area (Å²) in [6.07, 6.45) is 5.12. The molecule has 0 saturated carbocycles. The molecule has 3 aromatic carbocycles. The number of nitrogens with zero attached hydrogens (tertiary/aromatic N) is 1.